The van der Waals surface area contributed by atoms with Gasteiger partial charge in [0.1, 0.15) is 6.29 Å². The van der Waals surface area contributed by atoms with Crippen LogP contribution in [0.5, 0.6) is 0 Å². The highest BCUT2D eigenvalue weighted by atomic mass is 79.9. The number of carbonyl (C=O) groups is 3. The van der Waals surface area contributed by atoms with Crippen LogP contribution in [0.15, 0.2) is 77.3 Å². The summed E-state index contributed by atoms with van der Waals surface area (Å²) in [5.41, 5.74) is 3.04. The molecular formula is C25H16BrNO3. The van der Waals surface area contributed by atoms with Gasteiger partial charge in [-0.2, -0.15) is 0 Å². The molecule has 0 N–H and O–H groups in total. The molecule has 1 fully saturated rings. The smallest absolute Gasteiger partial charge is 0.239 e. The molecule has 5 heteroatoms. The van der Waals surface area contributed by atoms with Crippen molar-refractivity contribution in [1.82, 2.24) is 0 Å². The van der Waals surface area contributed by atoms with Crippen molar-refractivity contribution >= 4 is 39.7 Å². The van der Waals surface area contributed by atoms with Crippen LogP contribution in [0.4, 0.5) is 5.69 Å². The van der Waals surface area contributed by atoms with Gasteiger partial charge in [0.05, 0.1) is 22.9 Å². The van der Waals surface area contributed by atoms with Crippen molar-refractivity contribution < 1.29 is 14.4 Å². The standard InChI is InChI=1S/C25H16BrNO3/c26-14-9-11-15(12-10-14)27-23(29)21-20-16-5-1-3-7-18(16)25(13-28,22(21)24(27)30)19-8-4-2-6-17(19)20/h1-13,20-22H. The summed E-state index contributed by atoms with van der Waals surface area (Å²) >= 11 is 3.40. The van der Waals surface area contributed by atoms with E-state index in [-0.39, 0.29) is 17.7 Å². The fraction of sp³-hybridized carbons (Fsp3) is 0.160. The van der Waals surface area contributed by atoms with Gasteiger partial charge in [-0.1, -0.05) is 64.5 Å². The summed E-state index contributed by atoms with van der Waals surface area (Å²) in [7, 11) is 0. The molecule has 2 bridgehead atoms. The van der Waals surface area contributed by atoms with E-state index in [4.69, 9.17) is 0 Å². The summed E-state index contributed by atoms with van der Waals surface area (Å²) in [4.78, 5) is 41.6. The van der Waals surface area contributed by atoms with Crippen LogP contribution >= 0.6 is 15.9 Å². The second kappa shape index (κ2) is 5.99. The number of hydrogen-bond donors (Lipinski definition) is 0. The fourth-order valence-corrected chi connectivity index (χ4v) is 6.14. The molecule has 3 aromatic rings. The highest BCUT2D eigenvalue weighted by molar-refractivity contribution is 9.10. The van der Waals surface area contributed by atoms with Gasteiger partial charge in [0.15, 0.2) is 0 Å². The lowest BCUT2D eigenvalue weighted by molar-refractivity contribution is -0.128. The fourth-order valence-electron chi connectivity index (χ4n) is 5.88. The Kier molecular flexibility index (Phi) is 3.55. The number of carbonyl (C=O) groups excluding carboxylic acids is 3. The first-order chi connectivity index (χ1) is 14.6. The first-order valence-electron chi connectivity index (χ1n) is 9.88. The number of nitrogens with zero attached hydrogens (tertiary/aromatic N) is 1. The van der Waals surface area contributed by atoms with E-state index >= 15 is 0 Å². The Morgan fingerprint density at radius 3 is 1.93 bits per heavy atom. The van der Waals surface area contributed by atoms with E-state index in [0.29, 0.717) is 5.69 Å². The van der Waals surface area contributed by atoms with E-state index in [0.717, 1.165) is 33.0 Å². The predicted molar refractivity (Wildman–Crippen MR) is 115 cm³/mol. The van der Waals surface area contributed by atoms with E-state index in [1.807, 2.05) is 60.7 Å². The lowest BCUT2D eigenvalue weighted by Crippen LogP contribution is -2.54. The van der Waals surface area contributed by atoms with Crippen LogP contribution < -0.4 is 4.90 Å². The van der Waals surface area contributed by atoms with Crippen molar-refractivity contribution in [3.05, 3.63) is 99.5 Å². The molecule has 146 valence electrons. The number of benzene rings is 3. The number of amides is 2. The van der Waals surface area contributed by atoms with Crippen molar-refractivity contribution in [1.29, 1.82) is 0 Å². The number of halogens is 1. The minimum absolute atomic E-state index is 0.229. The van der Waals surface area contributed by atoms with Crippen LogP contribution in [0.3, 0.4) is 0 Å². The highest BCUT2D eigenvalue weighted by Crippen LogP contribution is 2.63. The summed E-state index contributed by atoms with van der Waals surface area (Å²) in [5.74, 6) is -2.08. The third-order valence-corrected chi connectivity index (χ3v) is 7.48. The van der Waals surface area contributed by atoms with Gasteiger partial charge < -0.3 is 4.79 Å². The van der Waals surface area contributed by atoms with Crippen LogP contribution in [0.25, 0.3) is 0 Å². The lowest BCUT2D eigenvalue weighted by atomic mass is 9.48. The predicted octanol–water partition coefficient (Wildman–Crippen LogP) is 4.20. The zero-order valence-electron chi connectivity index (χ0n) is 15.8. The second-order valence-corrected chi connectivity index (χ2v) is 9.05. The van der Waals surface area contributed by atoms with Gasteiger partial charge in [-0.05, 0) is 46.5 Å². The SMILES string of the molecule is O=CC12c3ccccc3C(c3ccccc31)C1C(=O)N(c3ccc(Br)cc3)C(=O)C12. The van der Waals surface area contributed by atoms with Gasteiger partial charge in [0, 0.05) is 10.4 Å². The molecule has 0 aromatic heterocycles. The largest absolute Gasteiger partial charge is 0.302 e. The number of imide groups is 1. The molecule has 0 spiro atoms. The molecule has 0 radical (unpaired) electrons. The van der Waals surface area contributed by atoms with Crippen molar-refractivity contribution in [2.24, 2.45) is 11.8 Å². The summed E-state index contributed by atoms with van der Waals surface area (Å²) in [6, 6.07) is 22.6. The molecule has 4 aliphatic rings. The Bertz CT molecular complexity index is 1200. The van der Waals surface area contributed by atoms with Gasteiger partial charge >= 0.3 is 0 Å². The van der Waals surface area contributed by atoms with E-state index in [1.165, 1.54) is 4.90 Å². The van der Waals surface area contributed by atoms with E-state index in [2.05, 4.69) is 15.9 Å². The lowest BCUT2D eigenvalue weighted by Gasteiger charge is -2.51. The van der Waals surface area contributed by atoms with E-state index in [1.54, 1.807) is 12.1 Å². The molecule has 2 atom stereocenters. The molecule has 4 nitrogen and oxygen atoms in total. The van der Waals surface area contributed by atoms with Gasteiger partial charge in [-0.3, -0.25) is 9.59 Å². The molecule has 1 saturated heterocycles. The second-order valence-electron chi connectivity index (χ2n) is 8.13. The van der Waals surface area contributed by atoms with Gasteiger partial charge in [0.2, 0.25) is 11.8 Å². The Morgan fingerprint density at radius 1 is 0.800 bits per heavy atom. The summed E-state index contributed by atoms with van der Waals surface area (Å²) < 4.78 is 0.868. The third-order valence-electron chi connectivity index (χ3n) is 6.95. The number of rotatable bonds is 2. The van der Waals surface area contributed by atoms with Crippen molar-refractivity contribution in [3.8, 4) is 0 Å². The van der Waals surface area contributed by atoms with E-state index in [9.17, 15) is 14.4 Å². The summed E-state index contributed by atoms with van der Waals surface area (Å²) in [6.07, 6.45) is 0.897. The molecular weight excluding hydrogens is 442 g/mol. The number of anilines is 1. The zero-order valence-corrected chi connectivity index (χ0v) is 17.4. The molecule has 3 aromatic carbocycles. The topological polar surface area (TPSA) is 54.5 Å². The maximum absolute atomic E-state index is 13.7. The van der Waals surface area contributed by atoms with Gasteiger partial charge in [-0.15, -0.1) is 0 Å². The minimum atomic E-state index is -1.15. The van der Waals surface area contributed by atoms with Crippen molar-refractivity contribution in [3.63, 3.8) is 0 Å². The molecule has 1 aliphatic heterocycles. The minimum Gasteiger partial charge on any atom is -0.302 e. The zero-order chi connectivity index (χ0) is 20.6. The molecule has 2 amide bonds. The Balaban J connectivity index is 1.64. The highest BCUT2D eigenvalue weighted by Gasteiger charge is 2.68. The molecule has 0 saturated carbocycles. The Labute approximate surface area is 181 Å². The quantitative estimate of drug-likeness (QED) is 0.428. The van der Waals surface area contributed by atoms with Crippen LogP contribution in [0.2, 0.25) is 0 Å². The van der Waals surface area contributed by atoms with E-state index < -0.39 is 17.3 Å². The third kappa shape index (κ3) is 1.94. The summed E-state index contributed by atoms with van der Waals surface area (Å²) in [5, 5.41) is 0. The maximum Gasteiger partial charge on any atom is 0.239 e. The van der Waals surface area contributed by atoms with Crippen LogP contribution in [0.1, 0.15) is 28.2 Å². The van der Waals surface area contributed by atoms with Crippen molar-refractivity contribution in [2.45, 2.75) is 11.3 Å². The Morgan fingerprint density at radius 2 is 1.37 bits per heavy atom. The molecule has 7 rings (SSSR count). The average Bonchev–Trinajstić information content (AvgIpc) is 3.05. The molecule has 3 aliphatic carbocycles. The normalized spacial score (nSPS) is 28.2. The molecule has 30 heavy (non-hydrogen) atoms. The van der Waals surface area contributed by atoms with Gasteiger partial charge in [-0.25, -0.2) is 4.90 Å². The maximum atomic E-state index is 13.7. The van der Waals surface area contributed by atoms with Crippen LogP contribution in [-0.2, 0) is 19.8 Å². The molecule has 1 heterocycles. The van der Waals surface area contributed by atoms with Crippen molar-refractivity contribution in [2.75, 3.05) is 4.90 Å². The average molecular weight is 458 g/mol. The van der Waals surface area contributed by atoms with Crippen LogP contribution in [-0.4, -0.2) is 18.1 Å². The van der Waals surface area contributed by atoms with Gasteiger partial charge in [0.25, 0.3) is 0 Å². The first kappa shape index (κ1) is 17.8. The van der Waals surface area contributed by atoms with Crippen LogP contribution in [0, 0.1) is 11.8 Å². The summed E-state index contributed by atoms with van der Waals surface area (Å²) in [6.45, 7) is 0. The first-order valence-corrected chi connectivity index (χ1v) is 10.7. The Hall–Kier alpha value is -3.05. The number of aldehydes is 1. The molecule has 2 unspecified atom stereocenters. The monoisotopic (exact) mass is 457 g/mol. The number of hydrogen-bond acceptors (Lipinski definition) is 3.